The lowest BCUT2D eigenvalue weighted by Crippen LogP contribution is -2.24. The zero-order valence-electron chi connectivity index (χ0n) is 8.71. The van der Waals surface area contributed by atoms with E-state index in [0.717, 1.165) is 24.7 Å². The van der Waals surface area contributed by atoms with Gasteiger partial charge in [0.05, 0.1) is 6.10 Å². The molecule has 1 N–H and O–H groups in total. The third-order valence-electron chi connectivity index (χ3n) is 5.65. The predicted molar refractivity (Wildman–Crippen MR) is 52.3 cm³/mol. The Labute approximate surface area is 80.5 Å². The highest BCUT2D eigenvalue weighted by Gasteiger charge is 2.75. The topological polar surface area (TPSA) is 20.2 Å². The Bertz CT molecular complexity index is 246. The van der Waals surface area contributed by atoms with Gasteiger partial charge in [-0.2, -0.15) is 0 Å². The first-order valence-electron chi connectivity index (χ1n) is 5.82. The Morgan fingerprint density at radius 2 is 2.15 bits per heavy atom. The maximum absolute atomic E-state index is 9.81. The van der Waals surface area contributed by atoms with Crippen molar-refractivity contribution in [3.8, 4) is 0 Å². The SMILES string of the molecule is CCC12CC13CC(C[C@H](O)C3)C2C. The van der Waals surface area contributed by atoms with Crippen molar-refractivity contribution in [2.75, 3.05) is 0 Å². The Balaban J connectivity index is 1.97. The molecule has 4 unspecified atom stereocenters. The maximum atomic E-state index is 9.81. The average Bonchev–Trinajstić information content (AvgIpc) is 2.66. The van der Waals surface area contributed by atoms with Crippen LogP contribution in [-0.4, -0.2) is 11.2 Å². The Morgan fingerprint density at radius 3 is 2.85 bits per heavy atom. The van der Waals surface area contributed by atoms with Gasteiger partial charge in [-0.3, -0.25) is 0 Å². The summed E-state index contributed by atoms with van der Waals surface area (Å²) >= 11 is 0. The highest BCUT2D eigenvalue weighted by atomic mass is 16.3. The van der Waals surface area contributed by atoms with Crippen LogP contribution < -0.4 is 0 Å². The molecule has 0 aliphatic heterocycles. The number of hydrogen-bond acceptors (Lipinski definition) is 1. The Kier molecular flexibility index (Phi) is 1.36. The average molecular weight is 180 g/mol. The first kappa shape index (κ1) is 8.28. The van der Waals surface area contributed by atoms with Crippen LogP contribution in [0.15, 0.2) is 0 Å². The molecule has 0 radical (unpaired) electrons. The second kappa shape index (κ2) is 2.13. The molecule has 3 aliphatic carbocycles. The van der Waals surface area contributed by atoms with Crippen molar-refractivity contribution in [2.45, 2.75) is 52.1 Å². The number of hydrogen-bond donors (Lipinski definition) is 1. The minimum absolute atomic E-state index is 0.0251. The summed E-state index contributed by atoms with van der Waals surface area (Å²) in [6.07, 6.45) is 6.42. The molecule has 13 heavy (non-hydrogen) atoms. The van der Waals surface area contributed by atoms with Crippen LogP contribution in [0.1, 0.15) is 46.0 Å². The van der Waals surface area contributed by atoms with E-state index in [2.05, 4.69) is 13.8 Å². The van der Waals surface area contributed by atoms with E-state index in [9.17, 15) is 5.11 Å². The fourth-order valence-electron chi connectivity index (χ4n) is 4.96. The summed E-state index contributed by atoms with van der Waals surface area (Å²) in [7, 11) is 0. The van der Waals surface area contributed by atoms with Crippen LogP contribution in [-0.2, 0) is 0 Å². The molecule has 3 rings (SSSR count). The van der Waals surface area contributed by atoms with Crippen molar-refractivity contribution in [3.63, 3.8) is 0 Å². The highest BCUT2D eigenvalue weighted by molar-refractivity contribution is 5.24. The molecule has 0 saturated heterocycles. The molecule has 1 heteroatoms. The second-order valence-corrected chi connectivity index (χ2v) is 5.81. The molecular formula is C12H20O. The van der Waals surface area contributed by atoms with Gasteiger partial charge < -0.3 is 5.11 Å². The van der Waals surface area contributed by atoms with Crippen LogP contribution in [0.3, 0.4) is 0 Å². The molecule has 2 bridgehead atoms. The third-order valence-corrected chi connectivity index (χ3v) is 5.65. The fourth-order valence-corrected chi connectivity index (χ4v) is 4.96. The molecule has 0 heterocycles. The molecule has 5 atom stereocenters. The quantitative estimate of drug-likeness (QED) is 0.657. The lowest BCUT2D eigenvalue weighted by atomic mass is 9.79. The summed E-state index contributed by atoms with van der Waals surface area (Å²) in [6, 6.07) is 0. The van der Waals surface area contributed by atoms with Gasteiger partial charge in [0.15, 0.2) is 0 Å². The van der Waals surface area contributed by atoms with Gasteiger partial charge in [0.25, 0.3) is 0 Å². The van der Waals surface area contributed by atoms with Crippen molar-refractivity contribution < 1.29 is 5.11 Å². The molecule has 3 aliphatic rings. The molecule has 0 aromatic rings. The number of fused-ring (bicyclic) bond motifs is 1. The van der Waals surface area contributed by atoms with Crippen LogP contribution >= 0.6 is 0 Å². The molecule has 74 valence electrons. The van der Waals surface area contributed by atoms with Crippen molar-refractivity contribution in [1.82, 2.24) is 0 Å². The van der Waals surface area contributed by atoms with Crippen molar-refractivity contribution in [1.29, 1.82) is 0 Å². The Hall–Kier alpha value is -0.0400. The van der Waals surface area contributed by atoms with Crippen LogP contribution in [0, 0.1) is 22.7 Å². The van der Waals surface area contributed by atoms with Gasteiger partial charge in [-0.15, -0.1) is 0 Å². The lowest BCUT2D eigenvalue weighted by molar-refractivity contribution is 0.0722. The van der Waals surface area contributed by atoms with E-state index in [1.54, 1.807) is 0 Å². The van der Waals surface area contributed by atoms with E-state index >= 15 is 0 Å². The molecule has 3 saturated carbocycles. The normalized spacial score (nSPS) is 63.5. The second-order valence-electron chi connectivity index (χ2n) is 5.81. The van der Waals surface area contributed by atoms with E-state index in [-0.39, 0.29) is 6.10 Å². The van der Waals surface area contributed by atoms with Gasteiger partial charge in [0.2, 0.25) is 0 Å². The number of aliphatic hydroxyl groups excluding tert-OH is 1. The van der Waals surface area contributed by atoms with E-state index in [4.69, 9.17) is 0 Å². The minimum atomic E-state index is 0.0251. The van der Waals surface area contributed by atoms with Gasteiger partial charge in [0, 0.05) is 0 Å². The first-order valence-corrected chi connectivity index (χ1v) is 5.82. The summed E-state index contributed by atoms with van der Waals surface area (Å²) < 4.78 is 0. The van der Waals surface area contributed by atoms with Gasteiger partial charge in [-0.1, -0.05) is 13.8 Å². The molecular weight excluding hydrogens is 160 g/mol. The molecule has 3 fully saturated rings. The Morgan fingerprint density at radius 1 is 1.38 bits per heavy atom. The lowest BCUT2D eigenvalue weighted by Gasteiger charge is -2.29. The zero-order chi connectivity index (χ0) is 9.27. The molecule has 1 spiro atoms. The summed E-state index contributed by atoms with van der Waals surface area (Å²) in [4.78, 5) is 0. The largest absolute Gasteiger partial charge is 0.393 e. The van der Waals surface area contributed by atoms with Gasteiger partial charge in [0.1, 0.15) is 0 Å². The third kappa shape index (κ3) is 0.743. The highest BCUT2D eigenvalue weighted by Crippen LogP contribution is 2.82. The molecule has 0 aromatic heterocycles. The number of rotatable bonds is 1. The molecule has 0 aromatic carbocycles. The van der Waals surface area contributed by atoms with Crippen molar-refractivity contribution >= 4 is 0 Å². The summed E-state index contributed by atoms with van der Waals surface area (Å²) in [6.45, 7) is 4.78. The van der Waals surface area contributed by atoms with Crippen LogP contribution in [0.4, 0.5) is 0 Å². The summed E-state index contributed by atoms with van der Waals surface area (Å²) in [5.41, 5.74) is 1.26. The van der Waals surface area contributed by atoms with Crippen LogP contribution in [0.5, 0.6) is 0 Å². The first-order chi connectivity index (χ1) is 6.13. The summed E-state index contributed by atoms with van der Waals surface area (Å²) in [5, 5.41) is 9.81. The minimum Gasteiger partial charge on any atom is -0.393 e. The zero-order valence-corrected chi connectivity index (χ0v) is 8.71. The van der Waals surface area contributed by atoms with Gasteiger partial charge >= 0.3 is 0 Å². The fraction of sp³-hybridized carbons (Fsp3) is 1.00. The molecule has 0 amide bonds. The van der Waals surface area contributed by atoms with Crippen LogP contribution in [0.2, 0.25) is 0 Å². The monoisotopic (exact) mass is 180 g/mol. The number of aliphatic hydroxyl groups is 1. The van der Waals surface area contributed by atoms with Crippen molar-refractivity contribution in [2.24, 2.45) is 22.7 Å². The summed E-state index contributed by atoms with van der Waals surface area (Å²) in [5.74, 6) is 1.73. The van der Waals surface area contributed by atoms with E-state index in [0.29, 0.717) is 10.8 Å². The predicted octanol–water partition coefficient (Wildman–Crippen LogP) is 2.58. The van der Waals surface area contributed by atoms with Gasteiger partial charge in [-0.25, -0.2) is 0 Å². The van der Waals surface area contributed by atoms with Gasteiger partial charge in [-0.05, 0) is 54.8 Å². The van der Waals surface area contributed by atoms with Crippen molar-refractivity contribution in [3.05, 3.63) is 0 Å². The van der Waals surface area contributed by atoms with Crippen LogP contribution in [0.25, 0.3) is 0 Å². The smallest absolute Gasteiger partial charge is 0.0548 e. The standard InChI is InChI=1S/C12H20O/c1-3-12-7-11(12)5-9(8(12)2)4-10(13)6-11/h8-10,13H,3-7H2,1-2H3/t8?,9?,10-,11?,12?/m0/s1. The molecule has 1 nitrogen and oxygen atoms in total. The van der Waals surface area contributed by atoms with E-state index in [1.165, 1.54) is 19.3 Å². The van der Waals surface area contributed by atoms with E-state index < -0.39 is 0 Å². The van der Waals surface area contributed by atoms with E-state index in [1.807, 2.05) is 0 Å². The maximum Gasteiger partial charge on any atom is 0.0548 e.